The Morgan fingerprint density at radius 2 is 2.05 bits per heavy atom. The predicted molar refractivity (Wildman–Crippen MR) is 78.4 cm³/mol. The molecule has 4 nitrogen and oxygen atoms in total. The smallest absolute Gasteiger partial charge is 0.270 e. The summed E-state index contributed by atoms with van der Waals surface area (Å²) in [5, 5.41) is 14.1. The Morgan fingerprint density at radius 1 is 1.24 bits per heavy atom. The molecule has 0 unspecified atom stereocenters. The molecule has 0 bridgehead atoms. The van der Waals surface area contributed by atoms with Crippen LogP contribution in [0.3, 0.4) is 0 Å². The Kier molecular flexibility index (Phi) is 3.66. The van der Waals surface area contributed by atoms with Crippen molar-refractivity contribution in [3.05, 3.63) is 64.0 Å². The fourth-order valence-electron chi connectivity index (χ4n) is 2.24. The van der Waals surface area contributed by atoms with Gasteiger partial charge < -0.3 is 5.32 Å². The van der Waals surface area contributed by atoms with Crippen molar-refractivity contribution in [3.8, 4) is 11.1 Å². The Hall–Kier alpha value is -2.27. The van der Waals surface area contributed by atoms with Crippen LogP contribution < -0.4 is 5.32 Å². The minimum absolute atomic E-state index is 0.0358. The van der Waals surface area contributed by atoms with Crippen LogP contribution in [0.25, 0.3) is 11.1 Å². The molecule has 0 aliphatic heterocycles. The minimum atomic E-state index is -0.477. The third-order valence-electron chi connectivity index (χ3n) is 3.57. The van der Waals surface area contributed by atoms with Gasteiger partial charge in [0.05, 0.1) is 4.92 Å². The first kappa shape index (κ1) is 13.7. The molecule has 0 aromatic heterocycles. The van der Waals surface area contributed by atoms with Crippen LogP contribution in [0.15, 0.2) is 42.5 Å². The van der Waals surface area contributed by atoms with Crippen LogP contribution in [0.2, 0.25) is 0 Å². The van der Waals surface area contributed by atoms with Gasteiger partial charge in [0.25, 0.3) is 5.69 Å². The average Bonchev–Trinajstić information content (AvgIpc) is 3.29. The third-order valence-corrected chi connectivity index (χ3v) is 3.57. The summed E-state index contributed by atoms with van der Waals surface area (Å²) < 4.78 is 14.2. The summed E-state index contributed by atoms with van der Waals surface area (Å²) in [5.41, 5.74) is 1.75. The Balaban J connectivity index is 1.84. The van der Waals surface area contributed by atoms with Crippen molar-refractivity contribution in [2.45, 2.75) is 25.4 Å². The fourth-order valence-corrected chi connectivity index (χ4v) is 2.24. The first-order valence-corrected chi connectivity index (χ1v) is 6.90. The number of rotatable bonds is 5. The summed E-state index contributed by atoms with van der Waals surface area (Å²) in [7, 11) is 0. The molecule has 1 saturated carbocycles. The standard InChI is InChI=1S/C16H15FN2O2/c17-16-8-11(10-18-13-5-6-13)4-7-15(16)12-2-1-3-14(9-12)19(20)21/h1-4,7-9,13,18H,5-6,10H2. The van der Waals surface area contributed by atoms with Crippen molar-refractivity contribution in [1.29, 1.82) is 0 Å². The van der Waals surface area contributed by atoms with E-state index in [1.807, 2.05) is 6.07 Å². The second-order valence-corrected chi connectivity index (χ2v) is 5.28. The summed E-state index contributed by atoms with van der Waals surface area (Å²) in [6, 6.07) is 11.6. The third kappa shape index (κ3) is 3.25. The summed E-state index contributed by atoms with van der Waals surface area (Å²) in [6.07, 6.45) is 2.38. The molecule has 2 aromatic carbocycles. The van der Waals surface area contributed by atoms with Crippen LogP contribution in [0.5, 0.6) is 0 Å². The maximum absolute atomic E-state index is 14.2. The number of benzene rings is 2. The van der Waals surface area contributed by atoms with Crippen molar-refractivity contribution in [3.63, 3.8) is 0 Å². The second-order valence-electron chi connectivity index (χ2n) is 5.28. The van der Waals surface area contributed by atoms with E-state index in [9.17, 15) is 14.5 Å². The minimum Gasteiger partial charge on any atom is -0.310 e. The maximum Gasteiger partial charge on any atom is 0.270 e. The van der Waals surface area contributed by atoms with Gasteiger partial charge in [-0.2, -0.15) is 0 Å². The van der Waals surface area contributed by atoms with Gasteiger partial charge in [-0.15, -0.1) is 0 Å². The van der Waals surface area contributed by atoms with Crippen LogP contribution in [0, 0.1) is 15.9 Å². The van der Waals surface area contributed by atoms with Gasteiger partial charge in [0.1, 0.15) is 5.82 Å². The van der Waals surface area contributed by atoms with Crippen LogP contribution in [0.1, 0.15) is 18.4 Å². The predicted octanol–water partition coefficient (Wildman–Crippen LogP) is 3.65. The number of hydrogen-bond donors (Lipinski definition) is 1. The lowest BCUT2D eigenvalue weighted by Crippen LogP contribution is -2.15. The normalized spacial score (nSPS) is 14.1. The molecule has 1 fully saturated rings. The summed E-state index contributed by atoms with van der Waals surface area (Å²) in [6.45, 7) is 0.650. The molecular weight excluding hydrogens is 271 g/mol. The van der Waals surface area contributed by atoms with Gasteiger partial charge in [0.15, 0.2) is 0 Å². The number of halogens is 1. The lowest BCUT2D eigenvalue weighted by Gasteiger charge is -2.07. The quantitative estimate of drug-likeness (QED) is 0.674. The SMILES string of the molecule is O=[N+]([O-])c1cccc(-c2ccc(CNC3CC3)cc2F)c1. The molecule has 108 valence electrons. The van der Waals surface area contributed by atoms with E-state index in [0.29, 0.717) is 23.7 Å². The second kappa shape index (κ2) is 5.61. The van der Waals surface area contributed by atoms with Gasteiger partial charge in [-0.25, -0.2) is 4.39 Å². The van der Waals surface area contributed by atoms with Crippen molar-refractivity contribution in [2.75, 3.05) is 0 Å². The molecule has 0 radical (unpaired) electrons. The molecule has 21 heavy (non-hydrogen) atoms. The van der Waals surface area contributed by atoms with Crippen molar-refractivity contribution < 1.29 is 9.31 Å². The van der Waals surface area contributed by atoms with Gasteiger partial charge in [-0.1, -0.05) is 24.3 Å². The molecule has 0 amide bonds. The molecule has 1 N–H and O–H groups in total. The lowest BCUT2D eigenvalue weighted by atomic mass is 10.0. The van der Waals surface area contributed by atoms with Gasteiger partial charge in [-0.3, -0.25) is 10.1 Å². The van der Waals surface area contributed by atoms with E-state index in [4.69, 9.17) is 0 Å². The first-order valence-electron chi connectivity index (χ1n) is 6.90. The van der Waals surface area contributed by atoms with E-state index in [0.717, 1.165) is 5.56 Å². The molecule has 0 atom stereocenters. The largest absolute Gasteiger partial charge is 0.310 e. The number of nitro benzene ring substituents is 1. The highest BCUT2D eigenvalue weighted by atomic mass is 19.1. The Bertz CT molecular complexity index is 684. The number of hydrogen-bond acceptors (Lipinski definition) is 3. The van der Waals surface area contributed by atoms with Crippen LogP contribution >= 0.6 is 0 Å². The lowest BCUT2D eigenvalue weighted by molar-refractivity contribution is -0.384. The summed E-state index contributed by atoms with van der Waals surface area (Å²) in [5.74, 6) is -0.356. The van der Waals surface area contributed by atoms with Crippen molar-refractivity contribution in [1.82, 2.24) is 5.32 Å². The van der Waals surface area contributed by atoms with E-state index in [2.05, 4.69) is 5.32 Å². The van der Waals surface area contributed by atoms with Crippen LogP contribution in [-0.2, 0) is 6.54 Å². The van der Waals surface area contributed by atoms with Crippen molar-refractivity contribution in [2.24, 2.45) is 0 Å². The zero-order valence-corrected chi connectivity index (χ0v) is 11.4. The maximum atomic E-state index is 14.2. The monoisotopic (exact) mass is 286 g/mol. The van der Waals surface area contributed by atoms with Crippen LogP contribution in [-0.4, -0.2) is 11.0 Å². The first-order chi connectivity index (χ1) is 10.1. The molecule has 1 aliphatic rings. The van der Waals surface area contributed by atoms with E-state index < -0.39 is 4.92 Å². The van der Waals surface area contributed by atoms with E-state index in [1.54, 1.807) is 18.2 Å². The zero-order chi connectivity index (χ0) is 14.8. The number of non-ortho nitro benzene ring substituents is 1. The van der Waals surface area contributed by atoms with E-state index in [1.165, 1.54) is 31.0 Å². The molecule has 3 rings (SSSR count). The van der Waals surface area contributed by atoms with Gasteiger partial charge in [0.2, 0.25) is 0 Å². The van der Waals surface area contributed by atoms with Crippen LogP contribution in [0.4, 0.5) is 10.1 Å². The van der Waals surface area contributed by atoms with Crippen molar-refractivity contribution >= 4 is 5.69 Å². The zero-order valence-electron chi connectivity index (χ0n) is 11.4. The number of nitrogens with one attached hydrogen (secondary N) is 1. The number of nitrogens with zero attached hydrogens (tertiary/aromatic N) is 1. The highest BCUT2D eigenvalue weighted by Gasteiger charge is 2.20. The Labute approximate surface area is 121 Å². The average molecular weight is 286 g/mol. The van der Waals surface area contributed by atoms with E-state index in [-0.39, 0.29) is 11.5 Å². The molecule has 0 heterocycles. The summed E-state index contributed by atoms with van der Waals surface area (Å²) >= 11 is 0. The summed E-state index contributed by atoms with van der Waals surface area (Å²) in [4.78, 5) is 10.3. The van der Waals surface area contributed by atoms with E-state index >= 15 is 0 Å². The molecule has 1 aliphatic carbocycles. The molecule has 0 spiro atoms. The number of nitro groups is 1. The van der Waals surface area contributed by atoms with Gasteiger partial charge in [-0.05, 0) is 30.0 Å². The highest BCUT2D eigenvalue weighted by molar-refractivity contribution is 5.67. The molecular formula is C16H15FN2O2. The van der Waals surface area contributed by atoms with Gasteiger partial charge in [0, 0.05) is 30.3 Å². The fraction of sp³-hybridized carbons (Fsp3) is 0.250. The molecule has 0 saturated heterocycles. The molecule has 5 heteroatoms. The van der Waals surface area contributed by atoms with Gasteiger partial charge >= 0.3 is 0 Å². The molecule has 2 aromatic rings. The topological polar surface area (TPSA) is 55.2 Å². The Morgan fingerprint density at radius 3 is 2.71 bits per heavy atom. The highest BCUT2D eigenvalue weighted by Crippen LogP contribution is 2.27.